The minimum Gasteiger partial charge on any atom is -0.494 e. The molecule has 0 atom stereocenters. The lowest BCUT2D eigenvalue weighted by molar-refractivity contribution is 0.0951. The third-order valence-electron chi connectivity index (χ3n) is 4.03. The number of carbonyl (C=O) groups is 1. The van der Waals surface area contributed by atoms with Gasteiger partial charge in [-0.3, -0.25) is 4.79 Å². The molecule has 0 aromatic heterocycles. The van der Waals surface area contributed by atoms with E-state index in [1.807, 2.05) is 31.2 Å². The summed E-state index contributed by atoms with van der Waals surface area (Å²) in [5.41, 5.74) is 2.33. The second-order valence-corrected chi connectivity index (χ2v) is 8.39. The van der Waals surface area contributed by atoms with Gasteiger partial charge in [-0.2, -0.15) is 0 Å². The van der Waals surface area contributed by atoms with Crippen LogP contribution < -0.4 is 10.1 Å². The number of hydrogen-bond donors (Lipinski definition) is 1. The number of sulfone groups is 1. The molecule has 0 aliphatic carbocycles. The van der Waals surface area contributed by atoms with E-state index in [2.05, 4.69) is 5.32 Å². The Labute approximate surface area is 155 Å². The molecule has 1 amide bonds. The molecule has 26 heavy (non-hydrogen) atoms. The van der Waals surface area contributed by atoms with E-state index in [4.69, 9.17) is 4.74 Å². The van der Waals surface area contributed by atoms with Gasteiger partial charge in [0, 0.05) is 18.4 Å². The SMILES string of the molecule is Cc1ccc(OCCCCNC(=O)c2cc(S(C)(=O)=O)ccc2C)cc1. The van der Waals surface area contributed by atoms with Crippen LogP contribution in [0.1, 0.15) is 34.3 Å². The van der Waals surface area contributed by atoms with E-state index >= 15 is 0 Å². The van der Waals surface area contributed by atoms with Gasteiger partial charge in [0.2, 0.25) is 0 Å². The van der Waals surface area contributed by atoms with Crippen molar-refractivity contribution in [2.45, 2.75) is 31.6 Å². The molecule has 6 heteroatoms. The molecule has 0 aliphatic rings. The average Bonchev–Trinajstić information content (AvgIpc) is 2.58. The van der Waals surface area contributed by atoms with Crippen LogP contribution in [-0.4, -0.2) is 33.7 Å². The molecule has 0 radical (unpaired) electrons. The monoisotopic (exact) mass is 375 g/mol. The van der Waals surface area contributed by atoms with Crippen LogP contribution in [-0.2, 0) is 9.84 Å². The highest BCUT2D eigenvalue weighted by atomic mass is 32.2. The van der Waals surface area contributed by atoms with Gasteiger partial charge in [0.1, 0.15) is 5.75 Å². The fourth-order valence-electron chi connectivity index (χ4n) is 2.43. The Morgan fingerprint density at radius 3 is 2.38 bits per heavy atom. The molecular formula is C20H25NO4S. The van der Waals surface area contributed by atoms with Crippen molar-refractivity contribution in [2.24, 2.45) is 0 Å². The Morgan fingerprint density at radius 2 is 1.73 bits per heavy atom. The Balaban J connectivity index is 1.77. The molecule has 0 unspecified atom stereocenters. The number of unbranched alkanes of at least 4 members (excludes halogenated alkanes) is 1. The maximum absolute atomic E-state index is 12.3. The van der Waals surface area contributed by atoms with Gasteiger partial charge in [-0.05, 0) is 56.5 Å². The molecule has 140 valence electrons. The summed E-state index contributed by atoms with van der Waals surface area (Å²) >= 11 is 0. The third-order valence-corrected chi connectivity index (χ3v) is 5.14. The highest BCUT2D eigenvalue weighted by molar-refractivity contribution is 7.90. The summed E-state index contributed by atoms with van der Waals surface area (Å²) < 4.78 is 28.9. The molecule has 0 aliphatic heterocycles. The number of hydrogen-bond acceptors (Lipinski definition) is 4. The second kappa shape index (κ2) is 8.85. The van der Waals surface area contributed by atoms with Crippen molar-refractivity contribution in [3.63, 3.8) is 0 Å². The smallest absolute Gasteiger partial charge is 0.251 e. The van der Waals surface area contributed by atoms with Crippen LogP contribution >= 0.6 is 0 Å². The minimum absolute atomic E-state index is 0.153. The molecule has 2 aromatic carbocycles. The highest BCUT2D eigenvalue weighted by Crippen LogP contribution is 2.16. The predicted octanol–water partition coefficient (Wildman–Crippen LogP) is 3.30. The molecule has 0 spiro atoms. The molecule has 0 saturated heterocycles. The zero-order chi connectivity index (χ0) is 19.2. The van der Waals surface area contributed by atoms with Crippen molar-refractivity contribution in [3.8, 4) is 5.75 Å². The van der Waals surface area contributed by atoms with Crippen molar-refractivity contribution >= 4 is 15.7 Å². The normalized spacial score (nSPS) is 11.2. The van der Waals surface area contributed by atoms with Crippen LogP contribution in [0.2, 0.25) is 0 Å². The van der Waals surface area contributed by atoms with Crippen LogP contribution in [0.15, 0.2) is 47.4 Å². The number of nitrogens with one attached hydrogen (secondary N) is 1. The number of ether oxygens (including phenoxy) is 1. The Kier molecular flexibility index (Phi) is 6.80. The van der Waals surface area contributed by atoms with Crippen molar-refractivity contribution < 1.29 is 17.9 Å². The maximum atomic E-state index is 12.3. The van der Waals surface area contributed by atoms with E-state index in [0.717, 1.165) is 30.4 Å². The fraction of sp³-hybridized carbons (Fsp3) is 0.350. The molecule has 2 rings (SSSR count). The van der Waals surface area contributed by atoms with Gasteiger partial charge in [0.25, 0.3) is 5.91 Å². The van der Waals surface area contributed by atoms with Crippen LogP contribution in [0.25, 0.3) is 0 Å². The van der Waals surface area contributed by atoms with Gasteiger partial charge in [0.15, 0.2) is 9.84 Å². The number of benzene rings is 2. The highest BCUT2D eigenvalue weighted by Gasteiger charge is 2.14. The van der Waals surface area contributed by atoms with Crippen LogP contribution in [0.4, 0.5) is 0 Å². The molecule has 0 fully saturated rings. The summed E-state index contributed by atoms with van der Waals surface area (Å²) in [5.74, 6) is 0.584. The summed E-state index contributed by atoms with van der Waals surface area (Å²) in [5, 5.41) is 2.84. The lowest BCUT2D eigenvalue weighted by atomic mass is 10.1. The molecule has 5 nitrogen and oxygen atoms in total. The van der Waals surface area contributed by atoms with Crippen molar-refractivity contribution in [2.75, 3.05) is 19.4 Å². The van der Waals surface area contributed by atoms with Crippen LogP contribution in [0.5, 0.6) is 5.75 Å². The van der Waals surface area contributed by atoms with E-state index in [1.165, 1.54) is 17.7 Å². The molecule has 0 heterocycles. The summed E-state index contributed by atoms with van der Waals surface area (Å²) in [4.78, 5) is 12.4. The van der Waals surface area contributed by atoms with Crippen LogP contribution in [0, 0.1) is 13.8 Å². The van der Waals surface area contributed by atoms with Crippen molar-refractivity contribution in [1.82, 2.24) is 5.32 Å². The summed E-state index contributed by atoms with van der Waals surface area (Å²) in [7, 11) is -3.33. The zero-order valence-electron chi connectivity index (χ0n) is 15.4. The number of carbonyl (C=O) groups excluding carboxylic acids is 1. The van der Waals surface area contributed by atoms with E-state index in [-0.39, 0.29) is 10.8 Å². The Hall–Kier alpha value is -2.34. The maximum Gasteiger partial charge on any atom is 0.251 e. The molecule has 1 N–H and O–H groups in total. The first-order valence-electron chi connectivity index (χ1n) is 8.56. The predicted molar refractivity (Wildman–Crippen MR) is 103 cm³/mol. The molecule has 0 saturated carbocycles. The minimum atomic E-state index is -3.33. The van der Waals surface area contributed by atoms with Gasteiger partial charge in [0.05, 0.1) is 11.5 Å². The van der Waals surface area contributed by atoms with Gasteiger partial charge in [-0.25, -0.2) is 8.42 Å². The van der Waals surface area contributed by atoms with Crippen molar-refractivity contribution in [3.05, 3.63) is 59.2 Å². The van der Waals surface area contributed by atoms with Crippen LogP contribution in [0.3, 0.4) is 0 Å². The first-order chi connectivity index (χ1) is 12.3. The average molecular weight is 375 g/mol. The van der Waals surface area contributed by atoms with E-state index in [1.54, 1.807) is 13.0 Å². The quantitative estimate of drug-likeness (QED) is 0.719. The lowest BCUT2D eigenvalue weighted by Gasteiger charge is -2.10. The number of amides is 1. The fourth-order valence-corrected chi connectivity index (χ4v) is 3.07. The molecule has 0 bridgehead atoms. The van der Waals surface area contributed by atoms with Gasteiger partial charge in [-0.15, -0.1) is 0 Å². The summed E-state index contributed by atoms with van der Waals surface area (Å²) in [6.07, 6.45) is 2.73. The number of aryl methyl sites for hydroxylation is 2. The van der Waals surface area contributed by atoms with Gasteiger partial charge in [-0.1, -0.05) is 23.8 Å². The van der Waals surface area contributed by atoms with E-state index in [9.17, 15) is 13.2 Å². The van der Waals surface area contributed by atoms with Gasteiger partial charge >= 0.3 is 0 Å². The van der Waals surface area contributed by atoms with Crippen molar-refractivity contribution in [1.29, 1.82) is 0 Å². The molecular weight excluding hydrogens is 350 g/mol. The summed E-state index contributed by atoms with van der Waals surface area (Å²) in [6.45, 7) is 4.91. The first kappa shape index (κ1) is 20.0. The largest absolute Gasteiger partial charge is 0.494 e. The summed E-state index contributed by atoms with van der Waals surface area (Å²) in [6, 6.07) is 12.5. The first-order valence-corrected chi connectivity index (χ1v) is 10.4. The Bertz CT molecular complexity index is 858. The van der Waals surface area contributed by atoms with E-state index in [0.29, 0.717) is 18.7 Å². The topological polar surface area (TPSA) is 72.5 Å². The molecule has 2 aromatic rings. The lowest BCUT2D eigenvalue weighted by Crippen LogP contribution is -2.25. The van der Waals surface area contributed by atoms with E-state index < -0.39 is 9.84 Å². The van der Waals surface area contributed by atoms with Gasteiger partial charge < -0.3 is 10.1 Å². The number of rotatable bonds is 8. The zero-order valence-corrected chi connectivity index (χ0v) is 16.2. The second-order valence-electron chi connectivity index (χ2n) is 6.37. The Morgan fingerprint density at radius 1 is 1.04 bits per heavy atom. The standard InChI is InChI=1S/C20H25NO4S/c1-15-6-9-17(10-7-15)25-13-5-4-12-21-20(22)19-14-18(26(3,23)24)11-8-16(19)2/h6-11,14H,4-5,12-13H2,1-3H3,(H,21,22). The third kappa shape index (κ3) is 5.88.